The monoisotopic (exact) mass is 263 g/mol. The Kier molecular flexibility index (Phi) is 3.66. The molecule has 0 heterocycles. The second-order valence-electron chi connectivity index (χ2n) is 5.55. The van der Waals surface area contributed by atoms with E-state index in [1.165, 1.54) is 0 Å². The molecule has 1 aromatic carbocycles. The molecule has 1 aliphatic rings. The van der Waals surface area contributed by atoms with E-state index in [-0.39, 0.29) is 23.5 Å². The van der Waals surface area contributed by atoms with Crippen LogP contribution in [0, 0.1) is 5.41 Å². The summed E-state index contributed by atoms with van der Waals surface area (Å²) >= 11 is 0. The first-order valence-electron chi connectivity index (χ1n) is 6.40. The second-order valence-corrected chi connectivity index (χ2v) is 5.55. The van der Waals surface area contributed by atoms with Crippen LogP contribution in [-0.2, 0) is 0 Å². The largest absolute Gasteiger partial charge is 0.497 e. The summed E-state index contributed by atoms with van der Waals surface area (Å²) in [7, 11) is 1.59. The average molecular weight is 263 g/mol. The van der Waals surface area contributed by atoms with Crippen LogP contribution in [0.3, 0.4) is 0 Å². The van der Waals surface area contributed by atoms with Crippen LogP contribution in [0.2, 0.25) is 0 Å². The third-order valence-electron chi connectivity index (χ3n) is 3.98. The third-order valence-corrected chi connectivity index (χ3v) is 3.98. The van der Waals surface area contributed by atoms with Gasteiger partial charge in [-0.3, -0.25) is 0 Å². The molecule has 1 aromatic rings. The molecular weight excluding hydrogens is 242 g/mol. The fourth-order valence-electron chi connectivity index (χ4n) is 2.23. The van der Waals surface area contributed by atoms with E-state index in [1.807, 2.05) is 18.2 Å². The molecule has 2 atom stereocenters. The predicted octanol–water partition coefficient (Wildman–Crippen LogP) is 1.94. The van der Waals surface area contributed by atoms with Crippen LogP contribution in [0.25, 0.3) is 0 Å². The molecular formula is C14H21N3O2. The lowest BCUT2D eigenvalue weighted by Crippen LogP contribution is -2.64. The molecule has 0 aliphatic heterocycles. The van der Waals surface area contributed by atoms with E-state index in [4.69, 9.17) is 10.5 Å². The first-order valence-corrected chi connectivity index (χ1v) is 6.40. The number of urea groups is 1. The lowest BCUT2D eigenvalue weighted by atomic mass is 9.63. The summed E-state index contributed by atoms with van der Waals surface area (Å²) in [5.74, 6) is 0.712. The Bertz CT molecular complexity index is 474. The second kappa shape index (κ2) is 5.09. The van der Waals surface area contributed by atoms with Crippen LogP contribution < -0.4 is 21.1 Å². The number of carbonyl (C=O) groups excluding carboxylic acids is 1. The van der Waals surface area contributed by atoms with Gasteiger partial charge in [-0.2, -0.15) is 0 Å². The van der Waals surface area contributed by atoms with Crippen molar-refractivity contribution in [1.82, 2.24) is 5.32 Å². The number of hydrogen-bond donors (Lipinski definition) is 3. The average Bonchev–Trinajstić information content (AvgIpc) is 2.38. The van der Waals surface area contributed by atoms with Crippen LogP contribution in [0.15, 0.2) is 24.3 Å². The van der Waals surface area contributed by atoms with Crippen molar-refractivity contribution in [3.63, 3.8) is 0 Å². The highest BCUT2D eigenvalue weighted by Gasteiger charge is 2.46. The minimum absolute atomic E-state index is 0.0499. The Balaban J connectivity index is 1.91. The molecule has 1 fully saturated rings. The molecule has 0 bridgehead atoms. The maximum absolute atomic E-state index is 11.9. The Morgan fingerprint density at radius 1 is 1.47 bits per heavy atom. The molecule has 19 heavy (non-hydrogen) atoms. The van der Waals surface area contributed by atoms with Gasteiger partial charge in [0.25, 0.3) is 0 Å². The molecule has 2 rings (SSSR count). The number of rotatable bonds is 3. The molecule has 0 saturated heterocycles. The maximum atomic E-state index is 11.9. The number of ether oxygens (including phenoxy) is 1. The zero-order valence-electron chi connectivity index (χ0n) is 11.6. The summed E-state index contributed by atoms with van der Waals surface area (Å²) < 4.78 is 5.11. The SMILES string of the molecule is COc1cccc(NC(=O)NC2CC(N)C2(C)C)c1. The first kappa shape index (κ1) is 13.7. The normalized spacial score (nSPS) is 24.2. The highest BCUT2D eigenvalue weighted by Crippen LogP contribution is 2.38. The van der Waals surface area contributed by atoms with E-state index in [2.05, 4.69) is 24.5 Å². The summed E-state index contributed by atoms with van der Waals surface area (Å²) in [5, 5.41) is 5.75. The number of methoxy groups -OCH3 is 1. The Morgan fingerprint density at radius 3 is 2.79 bits per heavy atom. The van der Waals surface area contributed by atoms with E-state index in [0.717, 1.165) is 6.42 Å². The van der Waals surface area contributed by atoms with Gasteiger partial charge in [0.2, 0.25) is 0 Å². The Labute approximate surface area is 113 Å². The number of amides is 2. The number of anilines is 1. The number of hydrogen-bond acceptors (Lipinski definition) is 3. The van der Waals surface area contributed by atoms with E-state index in [9.17, 15) is 4.79 Å². The van der Waals surface area contributed by atoms with Crippen molar-refractivity contribution in [3.05, 3.63) is 24.3 Å². The van der Waals surface area contributed by atoms with Crippen LogP contribution in [0.5, 0.6) is 5.75 Å². The standard InChI is InChI=1S/C14H21N3O2/c1-14(2)11(15)8-12(14)17-13(18)16-9-5-4-6-10(7-9)19-3/h4-7,11-12H,8,15H2,1-3H3,(H2,16,17,18). The summed E-state index contributed by atoms with van der Waals surface area (Å²) in [6, 6.07) is 7.31. The van der Waals surface area contributed by atoms with Crippen molar-refractivity contribution in [2.24, 2.45) is 11.1 Å². The smallest absolute Gasteiger partial charge is 0.319 e. The molecule has 5 heteroatoms. The fraction of sp³-hybridized carbons (Fsp3) is 0.500. The van der Waals surface area contributed by atoms with Crippen molar-refractivity contribution in [3.8, 4) is 5.75 Å². The van der Waals surface area contributed by atoms with E-state index in [0.29, 0.717) is 11.4 Å². The molecule has 104 valence electrons. The van der Waals surface area contributed by atoms with Crippen LogP contribution in [-0.4, -0.2) is 25.2 Å². The molecule has 0 aromatic heterocycles. The van der Waals surface area contributed by atoms with Gasteiger partial charge in [0.15, 0.2) is 0 Å². The van der Waals surface area contributed by atoms with Crippen molar-refractivity contribution >= 4 is 11.7 Å². The maximum Gasteiger partial charge on any atom is 0.319 e. The van der Waals surface area contributed by atoms with Crippen LogP contribution >= 0.6 is 0 Å². The molecule has 4 N–H and O–H groups in total. The van der Waals surface area contributed by atoms with Gasteiger partial charge in [-0.15, -0.1) is 0 Å². The lowest BCUT2D eigenvalue weighted by Gasteiger charge is -2.50. The number of benzene rings is 1. The van der Waals surface area contributed by atoms with Gasteiger partial charge in [-0.1, -0.05) is 19.9 Å². The van der Waals surface area contributed by atoms with Gasteiger partial charge in [-0.25, -0.2) is 4.79 Å². The number of nitrogens with two attached hydrogens (primary N) is 1. The van der Waals surface area contributed by atoms with Gasteiger partial charge >= 0.3 is 6.03 Å². The van der Waals surface area contributed by atoms with E-state index >= 15 is 0 Å². The van der Waals surface area contributed by atoms with Crippen LogP contribution in [0.1, 0.15) is 20.3 Å². The van der Waals surface area contributed by atoms with Gasteiger partial charge in [-0.05, 0) is 18.6 Å². The van der Waals surface area contributed by atoms with Crippen molar-refractivity contribution in [2.45, 2.75) is 32.4 Å². The third kappa shape index (κ3) is 2.81. The zero-order chi connectivity index (χ0) is 14.0. The minimum Gasteiger partial charge on any atom is -0.497 e. The van der Waals surface area contributed by atoms with Gasteiger partial charge in [0.05, 0.1) is 7.11 Å². The predicted molar refractivity (Wildman–Crippen MR) is 75.3 cm³/mol. The fourth-order valence-corrected chi connectivity index (χ4v) is 2.23. The van der Waals surface area contributed by atoms with E-state index < -0.39 is 0 Å². The highest BCUT2D eigenvalue weighted by atomic mass is 16.5. The zero-order valence-corrected chi connectivity index (χ0v) is 11.6. The molecule has 1 saturated carbocycles. The molecule has 1 aliphatic carbocycles. The Morgan fingerprint density at radius 2 is 2.21 bits per heavy atom. The van der Waals surface area contributed by atoms with E-state index in [1.54, 1.807) is 13.2 Å². The molecule has 0 spiro atoms. The molecule has 5 nitrogen and oxygen atoms in total. The van der Waals surface area contributed by atoms with Gasteiger partial charge < -0.3 is 21.1 Å². The molecule has 0 radical (unpaired) electrons. The van der Waals surface area contributed by atoms with Crippen molar-refractivity contribution in [1.29, 1.82) is 0 Å². The number of nitrogens with one attached hydrogen (secondary N) is 2. The lowest BCUT2D eigenvalue weighted by molar-refractivity contribution is 0.0815. The quantitative estimate of drug-likeness (QED) is 0.780. The Hall–Kier alpha value is -1.75. The highest BCUT2D eigenvalue weighted by molar-refractivity contribution is 5.89. The molecule has 2 amide bonds. The van der Waals surface area contributed by atoms with Gasteiger partial charge in [0, 0.05) is 29.3 Å². The summed E-state index contributed by atoms with van der Waals surface area (Å²) in [6.45, 7) is 4.13. The minimum atomic E-state index is -0.210. The summed E-state index contributed by atoms with van der Waals surface area (Å²) in [5.41, 5.74) is 6.58. The summed E-state index contributed by atoms with van der Waals surface area (Å²) in [6.07, 6.45) is 0.818. The van der Waals surface area contributed by atoms with Crippen molar-refractivity contribution < 1.29 is 9.53 Å². The molecule has 2 unspecified atom stereocenters. The summed E-state index contributed by atoms with van der Waals surface area (Å²) in [4.78, 5) is 11.9. The van der Waals surface area contributed by atoms with Crippen LogP contribution in [0.4, 0.5) is 10.5 Å². The van der Waals surface area contributed by atoms with Crippen molar-refractivity contribution in [2.75, 3.05) is 12.4 Å². The van der Waals surface area contributed by atoms with Gasteiger partial charge in [0.1, 0.15) is 5.75 Å². The first-order chi connectivity index (χ1) is 8.93. The number of carbonyl (C=O) groups is 1. The topological polar surface area (TPSA) is 76.4 Å².